The van der Waals surface area contributed by atoms with E-state index in [9.17, 15) is 4.79 Å². The molecule has 9 nitrogen and oxygen atoms in total. The van der Waals surface area contributed by atoms with E-state index < -0.39 is 0 Å². The molecule has 0 unspecified atom stereocenters. The maximum absolute atomic E-state index is 12.8. The number of nitrogens with one attached hydrogen (secondary N) is 1. The number of hydrogen-bond donors (Lipinski definition) is 1. The Morgan fingerprint density at radius 1 is 1.15 bits per heavy atom. The van der Waals surface area contributed by atoms with Crippen molar-refractivity contribution in [2.24, 2.45) is 0 Å². The van der Waals surface area contributed by atoms with E-state index in [2.05, 4.69) is 35.2 Å². The minimum absolute atomic E-state index is 0.126. The van der Waals surface area contributed by atoms with Crippen LogP contribution >= 0.6 is 0 Å². The Labute approximate surface area is 156 Å². The van der Waals surface area contributed by atoms with Crippen molar-refractivity contribution in [1.82, 2.24) is 34.8 Å². The normalized spacial score (nSPS) is 16.3. The van der Waals surface area contributed by atoms with E-state index in [4.69, 9.17) is 0 Å². The van der Waals surface area contributed by atoms with Crippen LogP contribution in [0, 0.1) is 6.92 Å². The zero-order valence-corrected chi connectivity index (χ0v) is 14.8. The van der Waals surface area contributed by atoms with Gasteiger partial charge in [0.05, 0.1) is 17.9 Å². The number of likely N-dealkylation sites (tertiary alicyclic amines) is 1. The van der Waals surface area contributed by atoms with Crippen molar-refractivity contribution in [2.75, 3.05) is 11.9 Å². The molecule has 0 saturated carbocycles. The maximum atomic E-state index is 12.8. The molecular weight excluding hydrogens is 344 g/mol. The molecule has 3 aromatic rings. The van der Waals surface area contributed by atoms with Crippen LogP contribution in [-0.4, -0.2) is 47.3 Å². The van der Waals surface area contributed by atoms with E-state index in [1.165, 1.54) is 12.4 Å². The number of carbonyl (C=O) groups excluding carboxylic acids is 1. The number of anilines is 2. The Morgan fingerprint density at radius 2 is 2.00 bits per heavy atom. The van der Waals surface area contributed by atoms with Crippen LogP contribution in [0.3, 0.4) is 0 Å². The molecule has 0 aromatic carbocycles. The van der Waals surface area contributed by atoms with Crippen LogP contribution in [0.4, 0.5) is 11.8 Å². The quantitative estimate of drug-likeness (QED) is 0.751. The molecule has 1 fully saturated rings. The molecule has 0 spiro atoms. The highest BCUT2D eigenvalue weighted by Gasteiger charge is 2.32. The van der Waals surface area contributed by atoms with Gasteiger partial charge in [-0.2, -0.15) is 0 Å². The highest BCUT2D eigenvalue weighted by molar-refractivity contribution is 5.92. The van der Waals surface area contributed by atoms with Gasteiger partial charge in [-0.05, 0) is 25.8 Å². The molecular formula is C18H18N8O. The van der Waals surface area contributed by atoms with E-state index in [0.29, 0.717) is 29.8 Å². The van der Waals surface area contributed by atoms with E-state index in [1.54, 1.807) is 29.6 Å². The van der Waals surface area contributed by atoms with Crippen molar-refractivity contribution >= 4 is 17.7 Å². The van der Waals surface area contributed by atoms with Crippen molar-refractivity contribution in [2.45, 2.75) is 25.8 Å². The molecule has 9 heteroatoms. The Morgan fingerprint density at radius 3 is 2.78 bits per heavy atom. The average molecular weight is 362 g/mol. The summed E-state index contributed by atoms with van der Waals surface area (Å²) in [6.07, 6.45) is 9.62. The third kappa shape index (κ3) is 3.71. The first-order chi connectivity index (χ1) is 13.2. The SMILES string of the molecule is Cc1nc(Nc2ncccn2)cc([C@H]2CCCN2C(=O)c2cnccn2)n1. The molecule has 1 aliphatic rings. The van der Waals surface area contributed by atoms with Crippen LogP contribution in [0.25, 0.3) is 0 Å². The van der Waals surface area contributed by atoms with Crippen LogP contribution in [-0.2, 0) is 0 Å². The van der Waals surface area contributed by atoms with Gasteiger partial charge in [-0.15, -0.1) is 0 Å². The number of aromatic nitrogens is 6. The minimum atomic E-state index is -0.136. The number of rotatable bonds is 4. The highest BCUT2D eigenvalue weighted by atomic mass is 16.2. The molecule has 4 heterocycles. The van der Waals surface area contributed by atoms with Crippen LogP contribution in [0.2, 0.25) is 0 Å². The Kier molecular flexibility index (Phi) is 4.65. The molecule has 0 bridgehead atoms. The van der Waals surface area contributed by atoms with Crippen molar-refractivity contribution < 1.29 is 4.79 Å². The summed E-state index contributed by atoms with van der Waals surface area (Å²) in [4.78, 5) is 40.0. The molecule has 0 radical (unpaired) electrons. The summed E-state index contributed by atoms with van der Waals surface area (Å²) in [5.41, 5.74) is 1.13. The van der Waals surface area contributed by atoms with E-state index in [0.717, 1.165) is 18.5 Å². The fraction of sp³-hybridized carbons (Fsp3) is 0.278. The molecule has 136 valence electrons. The summed E-state index contributed by atoms with van der Waals surface area (Å²) >= 11 is 0. The second-order valence-electron chi connectivity index (χ2n) is 6.17. The Hall–Kier alpha value is -3.49. The first kappa shape index (κ1) is 17.0. The van der Waals surface area contributed by atoms with E-state index in [1.807, 2.05) is 13.0 Å². The summed E-state index contributed by atoms with van der Waals surface area (Å²) in [5, 5.41) is 3.09. The molecule has 1 amide bonds. The van der Waals surface area contributed by atoms with Crippen LogP contribution < -0.4 is 5.32 Å². The van der Waals surface area contributed by atoms with Crippen molar-refractivity contribution in [3.8, 4) is 0 Å². The largest absolute Gasteiger partial charge is 0.329 e. The van der Waals surface area contributed by atoms with Crippen LogP contribution in [0.5, 0.6) is 0 Å². The molecule has 4 rings (SSSR count). The second-order valence-corrected chi connectivity index (χ2v) is 6.17. The summed E-state index contributed by atoms with van der Waals surface area (Å²) < 4.78 is 0. The topological polar surface area (TPSA) is 110 Å². The third-order valence-electron chi connectivity index (χ3n) is 4.30. The summed E-state index contributed by atoms with van der Waals surface area (Å²) in [6.45, 7) is 2.48. The van der Waals surface area contributed by atoms with Gasteiger partial charge >= 0.3 is 0 Å². The lowest BCUT2D eigenvalue weighted by Gasteiger charge is -2.24. The summed E-state index contributed by atoms with van der Waals surface area (Å²) in [5.74, 6) is 1.54. The Balaban J connectivity index is 1.61. The van der Waals surface area contributed by atoms with Crippen LogP contribution in [0.15, 0.2) is 43.1 Å². The molecule has 1 saturated heterocycles. The van der Waals surface area contributed by atoms with Gasteiger partial charge in [-0.25, -0.2) is 24.9 Å². The van der Waals surface area contributed by atoms with E-state index >= 15 is 0 Å². The molecule has 1 aliphatic heterocycles. The molecule has 0 aliphatic carbocycles. The number of amides is 1. The fourth-order valence-corrected chi connectivity index (χ4v) is 3.18. The first-order valence-corrected chi connectivity index (χ1v) is 8.67. The van der Waals surface area contributed by atoms with Gasteiger partial charge in [0.2, 0.25) is 5.95 Å². The maximum Gasteiger partial charge on any atom is 0.274 e. The monoisotopic (exact) mass is 362 g/mol. The zero-order chi connectivity index (χ0) is 18.6. The van der Waals surface area contributed by atoms with Gasteiger partial charge in [0.15, 0.2) is 0 Å². The lowest BCUT2D eigenvalue weighted by Crippen LogP contribution is -2.31. The van der Waals surface area contributed by atoms with Gasteiger partial charge in [0.1, 0.15) is 17.3 Å². The summed E-state index contributed by atoms with van der Waals surface area (Å²) in [6, 6.07) is 3.46. The smallest absolute Gasteiger partial charge is 0.274 e. The lowest BCUT2D eigenvalue weighted by atomic mass is 10.1. The number of hydrogen-bond acceptors (Lipinski definition) is 8. The van der Waals surface area contributed by atoms with Gasteiger partial charge in [-0.1, -0.05) is 0 Å². The van der Waals surface area contributed by atoms with Crippen LogP contribution in [0.1, 0.15) is 40.9 Å². The van der Waals surface area contributed by atoms with Gasteiger partial charge < -0.3 is 10.2 Å². The number of carbonyl (C=O) groups is 1. The highest BCUT2D eigenvalue weighted by Crippen LogP contribution is 2.32. The fourth-order valence-electron chi connectivity index (χ4n) is 3.18. The Bertz CT molecular complexity index is 935. The van der Waals surface area contributed by atoms with Gasteiger partial charge in [0.25, 0.3) is 5.91 Å². The second kappa shape index (κ2) is 7.40. The van der Waals surface area contributed by atoms with Gasteiger partial charge in [0, 0.05) is 37.4 Å². The van der Waals surface area contributed by atoms with Crippen molar-refractivity contribution in [1.29, 1.82) is 0 Å². The predicted octanol–water partition coefficient (Wildman–Crippen LogP) is 2.09. The minimum Gasteiger partial charge on any atom is -0.329 e. The third-order valence-corrected chi connectivity index (χ3v) is 4.30. The first-order valence-electron chi connectivity index (χ1n) is 8.67. The van der Waals surface area contributed by atoms with E-state index in [-0.39, 0.29) is 11.9 Å². The molecule has 1 N–H and O–H groups in total. The van der Waals surface area contributed by atoms with Crippen molar-refractivity contribution in [3.05, 3.63) is 60.3 Å². The lowest BCUT2D eigenvalue weighted by molar-refractivity contribution is 0.0726. The molecule has 1 atom stereocenters. The number of nitrogens with zero attached hydrogens (tertiary/aromatic N) is 7. The van der Waals surface area contributed by atoms with Crippen molar-refractivity contribution in [3.63, 3.8) is 0 Å². The van der Waals surface area contributed by atoms with Gasteiger partial charge in [-0.3, -0.25) is 9.78 Å². The molecule has 27 heavy (non-hydrogen) atoms. The zero-order valence-electron chi connectivity index (χ0n) is 14.8. The summed E-state index contributed by atoms with van der Waals surface area (Å²) in [7, 11) is 0. The molecule has 3 aromatic heterocycles. The average Bonchev–Trinajstić information content (AvgIpc) is 3.18. The number of aryl methyl sites for hydroxylation is 1. The predicted molar refractivity (Wildman–Crippen MR) is 97.1 cm³/mol. The standard InChI is InChI=1S/C18H18N8O/c1-12-23-13(10-16(24-12)25-18-21-5-3-6-22-18)15-4-2-9-26(15)17(27)14-11-19-7-8-20-14/h3,5-8,10-11,15H,2,4,9H2,1H3,(H,21,22,23,24,25)/t15-/m1/s1.